The van der Waals surface area contributed by atoms with E-state index in [9.17, 15) is 4.79 Å². The normalized spacial score (nSPS) is 25.5. The Balaban J connectivity index is 1.28. The summed E-state index contributed by atoms with van der Waals surface area (Å²) < 4.78 is 0. The van der Waals surface area contributed by atoms with Crippen molar-refractivity contribution in [2.24, 2.45) is 5.73 Å². The molecule has 2 fully saturated rings. The predicted molar refractivity (Wildman–Crippen MR) is 110 cm³/mol. The van der Waals surface area contributed by atoms with Crippen molar-refractivity contribution in [1.29, 1.82) is 0 Å². The number of aromatic amines is 1. The van der Waals surface area contributed by atoms with E-state index >= 15 is 0 Å². The lowest BCUT2D eigenvalue weighted by molar-refractivity contribution is -0.134. The number of likely N-dealkylation sites (tertiary alicyclic amines) is 2. The fourth-order valence-corrected chi connectivity index (χ4v) is 5.41. The Bertz CT molecular complexity index is 672. The van der Waals surface area contributed by atoms with E-state index in [2.05, 4.69) is 33.8 Å². The molecule has 7 heteroatoms. The number of hydrogen-bond donors (Lipinski definition) is 2. The third kappa shape index (κ3) is 4.11. The van der Waals surface area contributed by atoms with Gasteiger partial charge in [-0.05, 0) is 38.8 Å². The van der Waals surface area contributed by atoms with Crippen LogP contribution in [-0.4, -0.2) is 82.2 Å². The molecule has 3 N–H and O–H groups in total. The van der Waals surface area contributed by atoms with Crippen molar-refractivity contribution >= 4 is 5.91 Å². The monoisotopic (exact) mass is 388 g/mol. The molecule has 1 amide bonds. The van der Waals surface area contributed by atoms with Crippen LogP contribution in [0.2, 0.25) is 0 Å². The molecule has 1 atom stereocenters. The number of nitrogens with one attached hydrogen (secondary N) is 1. The number of rotatable bonds is 4. The van der Waals surface area contributed by atoms with Crippen LogP contribution in [0.4, 0.5) is 0 Å². The zero-order chi connectivity index (χ0) is 19.7. The number of aromatic nitrogens is 2. The molecule has 1 aromatic heterocycles. The minimum atomic E-state index is -0.448. The van der Waals surface area contributed by atoms with E-state index in [0.29, 0.717) is 12.6 Å². The molecule has 4 heterocycles. The molecule has 7 nitrogen and oxygen atoms in total. The number of fused-ring (bicyclic) bond motifs is 1. The molecule has 4 rings (SSSR count). The maximum Gasteiger partial charge on any atom is 0.240 e. The average molecular weight is 389 g/mol. The molecular formula is C21H36N6O. The lowest BCUT2D eigenvalue weighted by atomic mass is 9.83. The van der Waals surface area contributed by atoms with Crippen LogP contribution in [0, 0.1) is 0 Å². The van der Waals surface area contributed by atoms with Gasteiger partial charge in [-0.15, -0.1) is 0 Å². The van der Waals surface area contributed by atoms with Gasteiger partial charge in [-0.25, -0.2) is 0 Å². The Morgan fingerprint density at radius 2 is 1.96 bits per heavy atom. The summed E-state index contributed by atoms with van der Waals surface area (Å²) in [6.45, 7) is 10.9. The fourth-order valence-electron chi connectivity index (χ4n) is 5.41. The minimum Gasteiger partial charge on any atom is -0.341 e. The van der Waals surface area contributed by atoms with Crippen LogP contribution < -0.4 is 5.73 Å². The Morgan fingerprint density at radius 1 is 1.25 bits per heavy atom. The van der Waals surface area contributed by atoms with Gasteiger partial charge in [-0.1, -0.05) is 20.3 Å². The Kier molecular flexibility index (Phi) is 5.76. The third-order valence-electron chi connectivity index (χ3n) is 6.86. The molecule has 0 spiro atoms. The fraction of sp³-hybridized carbons (Fsp3) is 0.810. The van der Waals surface area contributed by atoms with E-state index in [1.165, 1.54) is 43.6 Å². The average Bonchev–Trinajstić information content (AvgIpc) is 3.17. The second-order valence-corrected chi connectivity index (χ2v) is 9.58. The number of nitrogens with zero attached hydrogens (tertiary/aromatic N) is 4. The Labute approximate surface area is 168 Å². The molecule has 3 aliphatic rings. The number of nitrogens with two attached hydrogens (primary N) is 1. The third-order valence-corrected chi connectivity index (χ3v) is 6.86. The molecule has 28 heavy (non-hydrogen) atoms. The van der Waals surface area contributed by atoms with Gasteiger partial charge in [0.25, 0.3) is 0 Å². The summed E-state index contributed by atoms with van der Waals surface area (Å²) in [6.07, 6.45) is 8.11. The summed E-state index contributed by atoms with van der Waals surface area (Å²) >= 11 is 0. The molecule has 0 radical (unpaired) electrons. The van der Waals surface area contributed by atoms with E-state index in [4.69, 9.17) is 5.73 Å². The zero-order valence-corrected chi connectivity index (χ0v) is 17.5. The van der Waals surface area contributed by atoms with Crippen molar-refractivity contribution in [2.45, 2.75) is 70.0 Å². The van der Waals surface area contributed by atoms with Crippen molar-refractivity contribution in [2.75, 3.05) is 39.3 Å². The molecule has 2 saturated heterocycles. The van der Waals surface area contributed by atoms with E-state index in [-0.39, 0.29) is 11.3 Å². The van der Waals surface area contributed by atoms with Crippen LogP contribution >= 0.6 is 0 Å². The second-order valence-electron chi connectivity index (χ2n) is 9.58. The highest BCUT2D eigenvalue weighted by Crippen LogP contribution is 2.31. The maximum atomic E-state index is 13.0. The quantitative estimate of drug-likeness (QED) is 0.813. The first-order valence-electron chi connectivity index (χ1n) is 11.0. The number of piperidine rings is 2. The van der Waals surface area contributed by atoms with Gasteiger partial charge in [-0.3, -0.25) is 14.8 Å². The smallest absolute Gasteiger partial charge is 0.240 e. The van der Waals surface area contributed by atoms with Gasteiger partial charge >= 0.3 is 0 Å². The van der Waals surface area contributed by atoms with Gasteiger partial charge in [0.05, 0.1) is 12.2 Å². The van der Waals surface area contributed by atoms with E-state index in [1.807, 2.05) is 11.1 Å². The highest BCUT2D eigenvalue weighted by molar-refractivity contribution is 5.82. The molecule has 1 aromatic rings. The number of carbonyl (C=O) groups is 1. The molecule has 1 unspecified atom stereocenters. The van der Waals surface area contributed by atoms with Gasteiger partial charge in [0, 0.05) is 55.4 Å². The summed E-state index contributed by atoms with van der Waals surface area (Å²) in [6, 6.07) is 0.207. The first kappa shape index (κ1) is 19.9. The van der Waals surface area contributed by atoms with Gasteiger partial charge in [0.15, 0.2) is 0 Å². The molecular weight excluding hydrogens is 352 g/mol. The number of H-pyrrole nitrogens is 1. The van der Waals surface area contributed by atoms with Crippen LogP contribution in [0.3, 0.4) is 0 Å². The van der Waals surface area contributed by atoms with Crippen molar-refractivity contribution in [3.8, 4) is 0 Å². The Hall–Kier alpha value is -1.44. The van der Waals surface area contributed by atoms with Crippen molar-refractivity contribution in [3.63, 3.8) is 0 Å². The van der Waals surface area contributed by atoms with E-state index in [0.717, 1.165) is 39.0 Å². The molecule has 156 valence electrons. The van der Waals surface area contributed by atoms with Crippen molar-refractivity contribution in [1.82, 2.24) is 24.9 Å². The predicted octanol–water partition coefficient (Wildman–Crippen LogP) is 1.31. The molecule has 3 aliphatic heterocycles. The van der Waals surface area contributed by atoms with Gasteiger partial charge in [-0.2, -0.15) is 5.10 Å². The molecule has 0 bridgehead atoms. The summed E-state index contributed by atoms with van der Waals surface area (Å²) in [5, 5.41) is 7.35. The van der Waals surface area contributed by atoms with Crippen LogP contribution in [0.25, 0.3) is 0 Å². The highest BCUT2D eigenvalue weighted by atomic mass is 16.2. The summed E-state index contributed by atoms with van der Waals surface area (Å²) in [5.41, 5.74) is 8.81. The topological polar surface area (TPSA) is 81.5 Å². The maximum absolute atomic E-state index is 13.0. The van der Waals surface area contributed by atoms with Crippen LogP contribution in [0.1, 0.15) is 57.2 Å². The van der Waals surface area contributed by atoms with Gasteiger partial charge in [0.1, 0.15) is 0 Å². The van der Waals surface area contributed by atoms with Crippen molar-refractivity contribution < 1.29 is 4.79 Å². The second kappa shape index (κ2) is 8.13. The summed E-state index contributed by atoms with van der Waals surface area (Å²) in [4.78, 5) is 19.9. The van der Waals surface area contributed by atoms with Gasteiger partial charge < -0.3 is 15.5 Å². The van der Waals surface area contributed by atoms with Crippen LogP contribution in [0.5, 0.6) is 0 Å². The SMILES string of the molecule is CC1(C)CN(CC(N)C(=O)N2CCC(N3CCCCC3)CC2)Cc2cn[nH]c21. The number of amides is 1. The zero-order valence-electron chi connectivity index (χ0n) is 17.5. The number of carbonyl (C=O) groups excluding carboxylic acids is 1. The molecule has 0 saturated carbocycles. The molecule has 0 aromatic carbocycles. The van der Waals surface area contributed by atoms with Crippen LogP contribution in [-0.2, 0) is 16.8 Å². The Morgan fingerprint density at radius 3 is 2.68 bits per heavy atom. The lowest BCUT2D eigenvalue weighted by Gasteiger charge is -2.41. The lowest BCUT2D eigenvalue weighted by Crippen LogP contribution is -2.55. The van der Waals surface area contributed by atoms with Crippen molar-refractivity contribution in [3.05, 3.63) is 17.5 Å². The summed E-state index contributed by atoms with van der Waals surface area (Å²) in [7, 11) is 0. The largest absolute Gasteiger partial charge is 0.341 e. The first-order valence-corrected chi connectivity index (χ1v) is 11.0. The van der Waals surface area contributed by atoms with Crippen LogP contribution in [0.15, 0.2) is 6.20 Å². The van der Waals surface area contributed by atoms with E-state index in [1.54, 1.807) is 0 Å². The molecule has 0 aliphatic carbocycles. The standard InChI is InChI=1S/C21H36N6O/c1-21(2)15-25(13-16-12-23-24-19(16)21)14-18(22)20(28)27-10-6-17(7-11-27)26-8-4-3-5-9-26/h12,17-18H,3-11,13-15,22H2,1-2H3,(H,23,24). The number of hydrogen-bond acceptors (Lipinski definition) is 5. The summed E-state index contributed by atoms with van der Waals surface area (Å²) in [5.74, 6) is 0.118. The van der Waals surface area contributed by atoms with E-state index < -0.39 is 6.04 Å². The minimum absolute atomic E-state index is 0.000358. The van der Waals surface area contributed by atoms with Gasteiger partial charge in [0.2, 0.25) is 5.91 Å². The first-order chi connectivity index (χ1) is 13.4. The highest BCUT2D eigenvalue weighted by Gasteiger charge is 2.36.